The van der Waals surface area contributed by atoms with Crippen LogP contribution in [0, 0.1) is 5.41 Å². The molecule has 0 atom stereocenters. The van der Waals surface area contributed by atoms with E-state index in [-0.39, 0.29) is 12.2 Å². The van der Waals surface area contributed by atoms with Crippen molar-refractivity contribution in [2.45, 2.75) is 63.8 Å². The number of alkyl halides is 3. The molecule has 192 valence electrons. The molecule has 0 amide bonds. The molecule has 0 unspecified atom stereocenters. The van der Waals surface area contributed by atoms with Crippen molar-refractivity contribution in [3.8, 4) is 11.4 Å². The first kappa shape index (κ1) is 24.5. The second kappa shape index (κ2) is 9.38. The molecule has 0 bridgehead atoms. The Kier molecular flexibility index (Phi) is 6.40. The molecular formula is C26H29F3N4O3. The quantitative estimate of drug-likeness (QED) is 0.468. The third-order valence-corrected chi connectivity index (χ3v) is 7.53. The highest BCUT2D eigenvalue weighted by atomic mass is 19.4. The summed E-state index contributed by atoms with van der Waals surface area (Å²) in [5.41, 5.74) is 0.155. The van der Waals surface area contributed by atoms with E-state index in [0.717, 1.165) is 56.7 Å². The molecule has 10 heteroatoms. The van der Waals surface area contributed by atoms with E-state index in [9.17, 15) is 23.1 Å². The van der Waals surface area contributed by atoms with E-state index in [0.29, 0.717) is 35.3 Å². The molecule has 0 spiro atoms. The Bertz CT molecular complexity index is 1230. The van der Waals surface area contributed by atoms with Gasteiger partial charge in [-0.3, -0.25) is 4.79 Å². The van der Waals surface area contributed by atoms with E-state index in [1.54, 1.807) is 6.20 Å². The number of piperidine rings is 1. The van der Waals surface area contributed by atoms with Crippen LogP contribution in [-0.4, -0.2) is 51.3 Å². The molecule has 1 saturated carbocycles. The number of carboxylic acids is 1. The summed E-state index contributed by atoms with van der Waals surface area (Å²) in [5, 5.41) is 9.40. The number of hydrogen-bond acceptors (Lipinski definition) is 5. The second-order valence-corrected chi connectivity index (χ2v) is 10.1. The minimum absolute atomic E-state index is 0.127. The summed E-state index contributed by atoms with van der Waals surface area (Å²) in [5.74, 6) is 0.591. The van der Waals surface area contributed by atoms with Gasteiger partial charge in [0.25, 0.3) is 0 Å². The summed E-state index contributed by atoms with van der Waals surface area (Å²) >= 11 is 0. The average Bonchev–Trinajstić information content (AvgIpc) is 3.29. The molecule has 36 heavy (non-hydrogen) atoms. The molecule has 3 aromatic rings. The third-order valence-electron chi connectivity index (χ3n) is 7.53. The van der Waals surface area contributed by atoms with Crippen LogP contribution in [0.5, 0.6) is 0 Å². The molecule has 1 saturated heterocycles. The topological polar surface area (TPSA) is 91.3 Å². The minimum Gasteiger partial charge on any atom is -0.481 e. The fourth-order valence-electron chi connectivity index (χ4n) is 5.11. The van der Waals surface area contributed by atoms with Crippen LogP contribution in [-0.2, 0) is 15.7 Å². The number of fused-ring (bicyclic) bond motifs is 1. The highest BCUT2D eigenvalue weighted by molar-refractivity contribution is 5.80. The van der Waals surface area contributed by atoms with Crippen LogP contribution >= 0.6 is 0 Å². The molecule has 1 aliphatic carbocycles. The van der Waals surface area contributed by atoms with Gasteiger partial charge in [0.1, 0.15) is 11.6 Å². The van der Waals surface area contributed by atoms with Crippen molar-refractivity contribution in [2.24, 2.45) is 5.41 Å². The van der Waals surface area contributed by atoms with E-state index in [4.69, 9.17) is 4.74 Å². The lowest BCUT2D eigenvalue weighted by Gasteiger charge is -2.38. The molecule has 0 radical (unpaired) electrons. The lowest BCUT2D eigenvalue weighted by molar-refractivity contribution is -0.152. The SMILES string of the molecule is C[C@]1(C(=O)O)CC[C@H](OC2CCN(c3ccc(-c4nc5ccc(C(F)(F)F)cc5[nH]4)cn3)CC2)CC1. The van der Waals surface area contributed by atoms with Gasteiger partial charge in [-0.1, -0.05) is 0 Å². The number of nitrogens with one attached hydrogen (secondary N) is 1. The van der Waals surface area contributed by atoms with Gasteiger partial charge in [0.15, 0.2) is 0 Å². The summed E-state index contributed by atoms with van der Waals surface area (Å²) in [6.45, 7) is 3.43. The van der Waals surface area contributed by atoms with E-state index in [2.05, 4.69) is 19.9 Å². The van der Waals surface area contributed by atoms with E-state index < -0.39 is 23.1 Å². The third kappa shape index (κ3) is 5.04. The molecule has 2 fully saturated rings. The zero-order valence-corrected chi connectivity index (χ0v) is 20.0. The predicted octanol–water partition coefficient (Wildman–Crippen LogP) is 5.66. The number of ether oxygens (including phenoxy) is 1. The van der Waals surface area contributed by atoms with Crippen molar-refractivity contribution < 1.29 is 27.8 Å². The maximum Gasteiger partial charge on any atom is 0.416 e. The van der Waals surface area contributed by atoms with Gasteiger partial charge in [-0.25, -0.2) is 9.97 Å². The van der Waals surface area contributed by atoms with Crippen molar-refractivity contribution in [3.05, 3.63) is 42.1 Å². The Hall–Kier alpha value is -3.14. The van der Waals surface area contributed by atoms with E-state index in [1.165, 1.54) is 6.07 Å². The van der Waals surface area contributed by atoms with Crippen LogP contribution in [0.25, 0.3) is 22.4 Å². The lowest BCUT2D eigenvalue weighted by Crippen LogP contribution is -2.41. The van der Waals surface area contributed by atoms with Gasteiger partial charge >= 0.3 is 12.1 Å². The molecular weight excluding hydrogens is 473 g/mol. The van der Waals surface area contributed by atoms with Gasteiger partial charge in [-0.2, -0.15) is 13.2 Å². The number of aromatic nitrogens is 3. The Morgan fingerprint density at radius 2 is 1.81 bits per heavy atom. The van der Waals surface area contributed by atoms with Crippen LogP contribution in [0.4, 0.5) is 19.0 Å². The molecule has 3 heterocycles. The number of carbonyl (C=O) groups is 1. The molecule has 1 aromatic carbocycles. The van der Waals surface area contributed by atoms with Crippen LogP contribution in [0.1, 0.15) is 51.0 Å². The van der Waals surface area contributed by atoms with Gasteiger partial charge in [-0.05, 0) is 75.8 Å². The van der Waals surface area contributed by atoms with E-state index in [1.807, 2.05) is 19.1 Å². The van der Waals surface area contributed by atoms with Gasteiger partial charge in [0.05, 0.1) is 34.2 Å². The summed E-state index contributed by atoms with van der Waals surface area (Å²) in [7, 11) is 0. The number of nitrogens with zero attached hydrogens (tertiary/aromatic N) is 3. The maximum atomic E-state index is 13.0. The summed E-state index contributed by atoms with van der Waals surface area (Å²) < 4.78 is 45.3. The molecule has 5 rings (SSSR count). The molecule has 1 aliphatic heterocycles. The number of aliphatic carboxylic acids is 1. The summed E-state index contributed by atoms with van der Waals surface area (Å²) in [6.07, 6.45) is 2.19. The Labute approximate surface area is 206 Å². The van der Waals surface area contributed by atoms with Gasteiger partial charge < -0.3 is 19.7 Å². The minimum atomic E-state index is -4.40. The van der Waals surface area contributed by atoms with Gasteiger partial charge in [-0.15, -0.1) is 0 Å². The normalized spacial score (nSPS) is 23.8. The summed E-state index contributed by atoms with van der Waals surface area (Å²) in [6, 6.07) is 7.23. The number of H-pyrrole nitrogens is 1. The number of hydrogen-bond donors (Lipinski definition) is 2. The zero-order valence-electron chi connectivity index (χ0n) is 20.0. The Morgan fingerprint density at radius 1 is 1.11 bits per heavy atom. The number of pyridine rings is 1. The fourth-order valence-corrected chi connectivity index (χ4v) is 5.11. The number of imidazole rings is 1. The van der Waals surface area contributed by atoms with Crippen LogP contribution < -0.4 is 4.90 Å². The predicted molar refractivity (Wildman–Crippen MR) is 129 cm³/mol. The van der Waals surface area contributed by atoms with Crippen molar-refractivity contribution in [2.75, 3.05) is 18.0 Å². The maximum absolute atomic E-state index is 13.0. The van der Waals surface area contributed by atoms with Crippen molar-refractivity contribution in [1.29, 1.82) is 0 Å². The van der Waals surface area contributed by atoms with Gasteiger partial charge in [0, 0.05) is 24.8 Å². The molecule has 2 aromatic heterocycles. The molecule has 2 N–H and O–H groups in total. The monoisotopic (exact) mass is 502 g/mol. The standard InChI is InChI=1S/C26H29F3N4O3/c1-25(24(34)35)10-6-18(7-11-25)36-19-8-12-33(13-9-19)22-5-2-16(15-30-22)23-31-20-4-3-17(26(27,28)29)14-21(20)32-23/h2-5,14-15,18-19H,6-13H2,1H3,(H,31,32)(H,34,35)/t18-,25-. The van der Waals surface area contributed by atoms with Crippen molar-refractivity contribution >= 4 is 22.8 Å². The first-order valence-electron chi connectivity index (χ1n) is 12.3. The highest BCUT2D eigenvalue weighted by Gasteiger charge is 2.38. The first-order valence-corrected chi connectivity index (χ1v) is 12.3. The summed E-state index contributed by atoms with van der Waals surface area (Å²) in [4.78, 5) is 25.6. The largest absolute Gasteiger partial charge is 0.481 e. The lowest BCUT2D eigenvalue weighted by atomic mass is 9.75. The fraction of sp³-hybridized carbons (Fsp3) is 0.500. The molecule has 2 aliphatic rings. The number of halogens is 3. The zero-order chi connectivity index (χ0) is 25.5. The first-order chi connectivity index (χ1) is 17.1. The Morgan fingerprint density at radius 3 is 2.42 bits per heavy atom. The highest BCUT2D eigenvalue weighted by Crippen LogP contribution is 2.38. The smallest absolute Gasteiger partial charge is 0.416 e. The van der Waals surface area contributed by atoms with Crippen LogP contribution in [0.2, 0.25) is 0 Å². The average molecular weight is 503 g/mol. The number of anilines is 1. The Balaban J connectivity index is 1.16. The molecule has 7 nitrogen and oxygen atoms in total. The number of aromatic amines is 1. The van der Waals surface area contributed by atoms with Crippen LogP contribution in [0.15, 0.2) is 36.5 Å². The number of carboxylic acid groups (broad SMARTS) is 1. The van der Waals surface area contributed by atoms with Crippen molar-refractivity contribution in [1.82, 2.24) is 15.0 Å². The number of benzene rings is 1. The number of rotatable bonds is 5. The van der Waals surface area contributed by atoms with E-state index >= 15 is 0 Å². The second-order valence-electron chi connectivity index (χ2n) is 10.1. The van der Waals surface area contributed by atoms with Gasteiger partial charge in [0.2, 0.25) is 0 Å². The van der Waals surface area contributed by atoms with Crippen molar-refractivity contribution in [3.63, 3.8) is 0 Å². The van der Waals surface area contributed by atoms with Crippen LogP contribution in [0.3, 0.4) is 0 Å².